The summed E-state index contributed by atoms with van der Waals surface area (Å²) in [5.74, 6) is 1.14. The molecule has 76 valence electrons. The highest BCUT2D eigenvalue weighted by Crippen LogP contribution is 2.19. The first-order valence-electron chi connectivity index (χ1n) is 4.46. The maximum absolute atomic E-state index is 10.4. The van der Waals surface area contributed by atoms with Gasteiger partial charge in [-0.25, -0.2) is 4.79 Å². The molecule has 0 spiro atoms. The average molecular weight is 197 g/mol. The first kappa shape index (κ1) is 8.92. The number of carbonyl (C=O) groups is 1. The number of aromatic nitrogens is 4. The molecule has 1 amide bonds. The van der Waals surface area contributed by atoms with Crippen LogP contribution in [0.25, 0.3) is 0 Å². The van der Waals surface area contributed by atoms with Crippen molar-refractivity contribution in [3.63, 3.8) is 0 Å². The number of rotatable bonds is 3. The molecular formula is C7H11N5O2. The monoisotopic (exact) mass is 197 g/mol. The van der Waals surface area contributed by atoms with E-state index < -0.39 is 6.09 Å². The van der Waals surface area contributed by atoms with Crippen molar-refractivity contribution in [2.75, 3.05) is 13.1 Å². The van der Waals surface area contributed by atoms with Crippen LogP contribution in [-0.2, 0) is 6.42 Å². The number of hydrogen-bond donors (Lipinski definition) is 2. The minimum atomic E-state index is -0.833. The van der Waals surface area contributed by atoms with Gasteiger partial charge in [-0.2, -0.15) is 5.21 Å². The number of H-pyrrole nitrogens is 1. The van der Waals surface area contributed by atoms with Gasteiger partial charge in [0.15, 0.2) is 5.82 Å². The van der Waals surface area contributed by atoms with Gasteiger partial charge in [-0.1, -0.05) is 5.21 Å². The summed E-state index contributed by atoms with van der Waals surface area (Å²) in [5.41, 5.74) is 0. The molecule has 7 nitrogen and oxygen atoms in total. The number of aryl methyl sites for hydroxylation is 1. The van der Waals surface area contributed by atoms with Gasteiger partial charge in [-0.05, 0) is 12.3 Å². The minimum absolute atomic E-state index is 0.449. The topological polar surface area (TPSA) is 95.0 Å². The molecule has 14 heavy (non-hydrogen) atoms. The van der Waals surface area contributed by atoms with Gasteiger partial charge in [-0.15, -0.1) is 10.2 Å². The van der Waals surface area contributed by atoms with Crippen LogP contribution in [0.1, 0.15) is 12.2 Å². The zero-order valence-corrected chi connectivity index (χ0v) is 7.55. The average Bonchev–Trinajstić information content (AvgIpc) is 2.52. The maximum atomic E-state index is 10.4. The molecular weight excluding hydrogens is 186 g/mol. The lowest BCUT2D eigenvalue weighted by Gasteiger charge is -2.36. The summed E-state index contributed by atoms with van der Waals surface area (Å²) in [5, 5.41) is 22.1. The van der Waals surface area contributed by atoms with Crippen molar-refractivity contribution in [1.82, 2.24) is 25.5 Å². The van der Waals surface area contributed by atoms with Gasteiger partial charge in [0.25, 0.3) is 0 Å². The molecule has 2 N–H and O–H groups in total. The first-order valence-corrected chi connectivity index (χ1v) is 4.46. The highest BCUT2D eigenvalue weighted by atomic mass is 16.4. The van der Waals surface area contributed by atoms with Crippen LogP contribution in [0.2, 0.25) is 0 Å². The van der Waals surface area contributed by atoms with E-state index in [1.54, 1.807) is 0 Å². The molecule has 2 heterocycles. The molecule has 1 aromatic rings. The van der Waals surface area contributed by atoms with Crippen molar-refractivity contribution in [2.45, 2.75) is 12.8 Å². The van der Waals surface area contributed by atoms with E-state index in [-0.39, 0.29) is 0 Å². The van der Waals surface area contributed by atoms with Gasteiger partial charge < -0.3 is 10.0 Å². The van der Waals surface area contributed by atoms with Crippen molar-refractivity contribution in [3.05, 3.63) is 5.82 Å². The van der Waals surface area contributed by atoms with E-state index in [0.717, 1.165) is 12.8 Å². The van der Waals surface area contributed by atoms with E-state index in [9.17, 15) is 4.79 Å². The second-order valence-electron chi connectivity index (χ2n) is 3.42. The Hall–Kier alpha value is -1.66. The number of amides is 1. The van der Waals surface area contributed by atoms with Crippen molar-refractivity contribution in [2.24, 2.45) is 5.92 Å². The Labute approximate surface area is 80.1 Å². The van der Waals surface area contributed by atoms with E-state index in [4.69, 9.17) is 5.11 Å². The molecule has 0 saturated carbocycles. The quantitative estimate of drug-likeness (QED) is 0.696. The van der Waals surface area contributed by atoms with Crippen LogP contribution in [0.15, 0.2) is 0 Å². The number of nitrogens with one attached hydrogen (secondary N) is 1. The Balaban J connectivity index is 1.68. The van der Waals surface area contributed by atoms with Gasteiger partial charge in [0, 0.05) is 19.5 Å². The molecule has 1 aliphatic heterocycles. The maximum Gasteiger partial charge on any atom is 0.407 e. The fourth-order valence-corrected chi connectivity index (χ4v) is 1.53. The third-order valence-corrected chi connectivity index (χ3v) is 2.39. The van der Waals surface area contributed by atoms with E-state index in [2.05, 4.69) is 20.6 Å². The normalized spacial score (nSPS) is 16.7. The lowest BCUT2D eigenvalue weighted by Crippen LogP contribution is -2.49. The Morgan fingerprint density at radius 2 is 2.43 bits per heavy atom. The van der Waals surface area contributed by atoms with E-state index in [1.807, 2.05) is 0 Å². The van der Waals surface area contributed by atoms with Crippen LogP contribution in [0, 0.1) is 5.92 Å². The molecule has 0 bridgehead atoms. The first-order chi connectivity index (χ1) is 6.75. The fraction of sp³-hybridized carbons (Fsp3) is 0.714. The van der Waals surface area contributed by atoms with Crippen LogP contribution in [-0.4, -0.2) is 49.8 Å². The van der Waals surface area contributed by atoms with Crippen LogP contribution in [0.3, 0.4) is 0 Å². The summed E-state index contributed by atoms with van der Waals surface area (Å²) in [7, 11) is 0. The van der Waals surface area contributed by atoms with Crippen molar-refractivity contribution >= 4 is 6.09 Å². The largest absolute Gasteiger partial charge is 0.465 e. The SMILES string of the molecule is O=C(O)N1CC(CCc2nn[nH]n2)C1. The Bertz CT molecular complexity index is 306. The van der Waals surface area contributed by atoms with Crippen molar-refractivity contribution < 1.29 is 9.90 Å². The van der Waals surface area contributed by atoms with Gasteiger partial charge >= 0.3 is 6.09 Å². The standard InChI is InChI=1S/C7H11N5O2/c13-7(14)12-3-5(4-12)1-2-6-8-10-11-9-6/h5H,1-4H2,(H,13,14)(H,8,9,10,11). The second kappa shape index (κ2) is 3.60. The number of likely N-dealkylation sites (tertiary alicyclic amines) is 1. The number of carboxylic acid groups (broad SMARTS) is 1. The fourth-order valence-electron chi connectivity index (χ4n) is 1.53. The van der Waals surface area contributed by atoms with E-state index in [0.29, 0.717) is 24.8 Å². The summed E-state index contributed by atoms with van der Waals surface area (Å²) in [6.45, 7) is 1.26. The van der Waals surface area contributed by atoms with Gasteiger partial charge in [0.05, 0.1) is 0 Å². The molecule has 0 radical (unpaired) electrons. The number of aromatic amines is 1. The smallest absolute Gasteiger partial charge is 0.407 e. The molecule has 0 unspecified atom stereocenters. The summed E-state index contributed by atoms with van der Waals surface area (Å²) < 4.78 is 0. The Morgan fingerprint density at radius 1 is 1.64 bits per heavy atom. The summed E-state index contributed by atoms with van der Waals surface area (Å²) in [6.07, 6.45) is 0.846. The molecule has 0 aliphatic carbocycles. The Kier molecular flexibility index (Phi) is 2.30. The third-order valence-electron chi connectivity index (χ3n) is 2.39. The van der Waals surface area contributed by atoms with E-state index in [1.165, 1.54) is 4.90 Å². The van der Waals surface area contributed by atoms with Crippen LogP contribution in [0.5, 0.6) is 0 Å². The van der Waals surface area contributed by atoms with Crippen LogP contribution < -0.4 is 0 Å². The Morgan fingerprint density at radius 3 is 3.00 bits per heavy atom. The number of tetrazole rings is 1. The van der Waals surface area contributed by atoms with E-state index >= 15 is 0 Å². The highest BCUT2D eigenvalue weighted by Gasteiger charge is 2.29. The zero-order valence-electron chi connectivity index (χ0n) is 7.55. The highest BCUT2D eigenvalue weighted by molar-refractivity contribution is 5.65. The predicted octanol–water partition coefficient (Wildman–Crippen LogP) is -0.258. The zero-order chi connectivity index (χ0) is 9.97. The summed E-state index contributed by atoms with van der Waals surface area (Å²) in [6, 6.07) is 0. The minimum Gasteiger partial charge on any atom is -0.465 e. The van der Waals surface area contributed by atoms with Crippen LogP contribution >= 0.6 is 0 Å². The summed E-state index contributed by atoms with van der Waals surface area (Å²) >= 11 is 0. The molecule has 0 atom stereocenters. The molecule has 7 heteroatoms. The lowest BCUT2D eigenvalue weighted by atomic mass is 9.95. The molecule has 2 rings (SSSR count). The van der Waals surface area contributed by atoms with Crippen molar-refractivity contribution in [1.29, 1.82) is 0 Å². The lowest BCUT2D eigenvalue weighted by molar-refractivity contribution is 0.0783. The van der Waals surface area contributed by atoms with Crippen LogP contribution in [0.4, 0.5) is 4.79 Å². The number of nitrogens with zero attached hydrogens (tertiary/aromatic N) is 4. The number of hydrogen-bond acceptors (Lipinski definition) is 4. The second-order valence-corrected chi connectivity index (χ2v) is 3.42. The molecule has 0 aromatic carbocycles. The molecule has 1 fully saturated rings. The van der Waals surface area contributed by atoms with Crippen molar-refractivity contribution in [3.8, 4) is 0 Å². The van der Waals surface area contributed by atoms with Gasteiger partial charge in [0.1, 0.15) is 0 Å². The third kappa shape index (κ3) is 1.81. The molecule has 1 aliphatic rings. The van der Waals surface area contributed by atoms with Gasteiger partial charge in [0.2, 0.25) is 0 Å². The molecule has 1 saturated heterocycles. The van der Waals surface area contributed by atoms with Gasteiger partial charge in [-0.3, -0.25) is 0 Å². The summed E-state index contributed by atoms with van der Waals surface area (Å²) in [4.78, 5) is 11.8. The molecule has 1 aromatic heterocycles. The predicted molar refractivity (Wildman–Crippen MR) is 45.6 cm³/mol.